The zero-order valence-corrected chi connectivity index (χ0v) is 19.9. The molecule has 0 aliphatic rings. The Kier molecular flexibility index (Phi) is 7.01. The van der Waals surface area contributed by atoms with E-state index < -0.39 is 23.9 Å². The minimum absolute atomic E-state index is 0.143. The molecule has 0 unspecified atom stereocenters. The number of rotatable bonds is 9. The molecule has 4 N–H and O–H groups in total. The Hall–Kier alpha value is -4.32. The summed E-state index contributed by atoms with van der Waals surface area (Å²) >= 11 is 0. The summed E-state index contributed by atoms with van der Waals surface area (Å²) < 4.78 is 5.36. The van der Waals surface area contributed by atoms with Gasteiger partial charge in [0.25, 0.3) is 5.91 Å². The summed E-state index contributed by atoms with van der Waals surface area (Å²) in [6.07, 6.45) is 0.668. The Labute approximate surface area is 202 Å². The minimum atomic E-state index is -0.803. The Morgan fingerprint density at radius 3 is 2.60 bits per heavy atom. The first-order valence-electron chi connectivity index (χ1n) is 11.5. The number of aromatic amines is 2. The first kappa shape index (κ1) is 23.8. The first-order chi connectivity index (χ1) is 16.9. The minimum Gasteiger partial charge on any atom is -0.496 e. The van der Waals surface area contributed by atoms with E-state index in [0.29, 0.717) is 23.6 Å². The number of carbonyl (C=O) groups is 2. The van der Waals surface area contributed by atoms with Crippen molar-refractivity contribution in [1.82, 2.24) is 25.8 Å². The molecule has 2 heterocycles. The number of amides is 2. The number of aromatic nitrogens is 3. The molecule has 9 heteroatoms. The Bertz CT molecular complexity index is 1400. The predicted molar refractivity (Wildman–Crippen MR) is 133 cm³/mol. The van der Waals surface area contributed by atoms with Crippen LogP contribution in [0, 0.1) is 17.2 Å². The summed E-state index contributed by atoms with van der Waals surface area (Å²) in [7, 11) is 1.57. The van der Waals surface area contributed by atoms with Crippen molar-refractivity contribution in [2.75, 3.05) is 7.11 Å². The average molecular weight is 473 g/mol. The van der Waals surface area contributed by atoms with Crippen molar-refractivity contribution in [2.24, 2.45) is 5.92 Å². The Morgan fingerprint density at radius 1 is 1.09 bits per heavy atom. The van der Waals surface area contributed by atoms with E-state index in [1.165, 1.54) is 0 Å². The van der Waals surface area contributed by atoms with Gasteiger partial charge >= 0.3 is 0 Å². The van der Waals surface area contributed by atoms with Crippen LogP contribution in [0.2, 0.25) is 0 Å². The maximum absolute atomic E-state index is 13.1. The summed E-state index contributed by atoms with van der Waals surface area (Å²) in [6.45, 7) is 3.94. The highest BCUT2D eigenvalue weighted by Crippen LogP contribution is 2.26. The number of nitrogens with one attached hydrogen (secondary N) is 4. The maximum atomic E-state index is 13.1. The van der Waals surface area contributed by atoms with Crippen LogP contribution in [0.25, 0.3) is 21.8 Å². The van der Waals surface area contributed by atoms with Gasteiger partial charge in [-0.05, 0) is 36.6 Å². The molecule has 2 aromatic carbocycles. The number of ether oxygens (including phenoxy) is 1. The number of nitrogens with zero attached hydrogens (tertiary/aromatic N) is 2. The standard InChI is InChI=1S/C26H28N6O3/c1-15(2)11-22(30-26(34)23-13-18-19(29-23)9-6-10-24(18)35-3)25(33)28-16(14-27)12-21-17-7-4-5-8-20(17)31-32-21/h4-10,13,15-16,22,29H,11-12H2,1-3H3,(H,28,33)(H,30,34)(H,31,32)/t16-,22-/m0/s1. The quantitative estimate of drug-likeness (QED) is 0.296. The molecule has 2 atom stereocenters. The van der Waals surface area contributed by atoms with Gasteiger partial charge in [-0.25, -0.2) is 0 Å². The average Bonchev–Trinajstić information content (AvgIpc) is 3.47. The largest absolute Gasteiger partial charge is 0.496 e. The molecule has 180 valence electrons. The fourth-order valence-electron chi connectivity index (χ4n) is 4.14. The van der Waals surface area contributed by atoms with Crippen LogP contribution in [0.5, 0.6) is 5.75 Å². The second-order valence-electron chi connectivity index (χ2n) is 8.87. The fraction of sp³-hybridized carbons (Fsp3) is 0.308. The lowest BCUT2D eigenvalue weighted by atomic mass is 10.0. The zero-order chi connectivity index (χ0) is 24.9. The fourth-order valence-corrected chi connectivity index (χ4v) is 4.14. The van der Waals surface area contributed by atoms with Gasteiger partial charge in [0.05, 0.1) is 24.4 Å². The van der Waals surface area contributed by atoms with Crippen LogP contribution < -0.4 is 15.4 Å². The number of fused-ring (bicyclic) bond motifs is 2. The van der Waals surface area contributed by atoms with Crippen LogP contribution in [0.15, 0.2) is 48.5 Å². The Balaban J connectivity index is 1.48. The van der Waals surface area contributed by atoms with Gasteiger partial charge in [-0.1, -0.05) is 38.1 Å². The van der Waals surface area contributed by atoms with Crippen LogP contribution in [0.3, 0.4) is 0 Å². The topological polar surface area (TPSA) is 136 Å². The molecule has 4 rings (SSSR count). The number of hydrogen-bond acceptors (Lipinski definition) is 5. The van der Waals surface area contributed by atoms with Gasteiger partial charge in [0.15, 0.2) is 0 Å². The van der Waals surface area contributed by atoms with E-state index in [9.17, 15) is 14.9 Å². The van der Waals surface area contributed by atoms with Crippen molar-refractivity contribution >= 4 is 33.6 Å². The highest BCUT2D eigenvalue weighted by molar-refractivity contribution is 6.01. The van der Waals surface area contributed by atoms with Crippen molar-refractivity contribution in [3.8, 4) is 11.8 Å². The SMILES string of the molecule is COc1cccc2[nH]c(C(=O)N[C@@H](CC(C)C)C(=O)N[C@H](C#N)Cc3n[nH]c4ccccc34)cc12. The van der Waals surface area contributed by atoms with Crippen LogP contribution in [0.1, 0.15) is 36.5 Å². The summed E-state index contributed by atoms with van der Waals surface area (Å²) in [5.41, 5.74) is 2.65. The van der Waals surface area contributed by atoms with Gasteiger partial charge in [0, 0.05) is 22.7 Å². The van der Waals surface area contributed by atoms with Crippen molar-refractivity contribution in [3.05, 3.63) is 59.9 Å². The van der Waals surface area contributed by atoms with Gasteiger partial charge in [-0.15, -0.1) is 0 Å². The monoisotopic (exact) mass is 472 g/mol. The molecule has 0 radical (unpaired) electrons. The molecule has 4 aromatic rings. The molecular formula is C26H28N6O3. The molecule has 0 saturated heterocycles. The van der Waals surface area contributed by atoms with Crippen LogP contribution >= 0.6 is 0 Å². The number of H-pyrrole nitrogens is 2. The lowest BCUT2D eigenvalue weighted by molar-refractivity contribution is -0.123. The van der Waals surface area contributed by atoms with Crippen LogP contribution in [0.4, 0.5) is 0 Å². The number of carbonyl (C=O) groups excluding carboxylic acids is 2. The van der Waals surface area contributed by atoms with Crippen LogP contribution in [-0.2, 0) is 11.2 Å². The zero-order valence-electron chi connectivity index (χ0n) is 19.9. The molecule has 9 nitrogen and oxygen atoms in total. The molecule has 0 aliphatic heterocycles. The van der Waals surface area contributed by atoms with E-state index in [-0.39, 0.29) is 12.3 Å². The molecule has 0 saturated carbocycles. The highest BCUT2D eigenvalue weighted by Gasteiger charge is 2.26. The third-order valence-corrected chi connectivity index (χ3v) is 5.84. The number of hydrogen-bond donors (Lipinski definition) is 4. The van der Waals surface area contributed by atoms with Gasteiger partial charge in [0.1, 0.15) is 23.5 Å². The van der Waals surface area contributed by atoms with Gasteiger partial charge in [0.2, 0.25) is 5.91 Å². The molecule has 0 fully saturated rings. The predicted octanol–water partition coefficient (Wildman–Crippen LogP) is 3.45. The normalized spacial score (nSPS) is 12.9. The van der Waals surface area contributed by atoms with E-state index >= 15 is 0 Å². The van der Waals surface area contributed by atoms with E-state index in [1.807, 2.05) is 56.3 Å². The van der Waals surface area contributed by atoms with Crippen molar-refractivity contribution in [2.45, 2.75) is 38.8 Å². The third kappa shape index (κ3) is 5.27. The summed E-state index contributed by atoms with van der Waals surface area (Å²) in [4.78, 5) is 29.2. The molecule has 35 heavy (non-hydrogen) atoms. The lowest BCUT2D eigenvalue weighted by Gasteiger charge is -2.21. The van der Waals surface area contributed by atoms with Gasteiger partial charge in [-0.2, -0.15) is 10.4 Å². The first-order valence-corrected chi connectivity index (χ1v) is 11.5. The van der Waals surface area contributed by atoms with Gasteiger partial charge in [-0.3, -0.25) is 14.7 Å². The summed E-state index contributed by atoms with van der Waals surface area (Å²) in [6, 6.07) is 15.4. The van der Waals surface area contributed by atoms with E-state index in [2.05, 4.69) is 31.9 Å². The van der Waals surface area contributed by atoms with E-state index in [0.717, 1.165) is 21.8 Å². The number of para-hydroxylation sites is 1. The van der Waals surface area contributed by atoms with Gasteiger partial charge < -0.3 is 20.4 Å². The molecule has 0 spiro atoms. The Morgan fingerprint density at radius 2 is 1.86 bits per heavy atom. The summed E-state index contributed by atoms with van der Waals surface area (Å²) in [5.74, 6) is -0.0234. The molecule has 2 aromatic heterocycles. The maximum Gasteiger partial charge on any atom is 0.268 e. The van der Waals surface area contributed by atoms with E-state index in [4.69, 9.17) is 4.74 Å². The van der Waals surface area contributed by atoms with E-state index in [1.54, 1.807) is 13.2 Å². The molecule has 0 aliphatic carbocycles. The number of benzene rings is 2. The van der Waals surface area contributed by atoms with Crippen LogP contribution in [-0.4, -0.2) is 46.2 Å². The third-order valence-electron chi connectivity index (χ3n) is 5.84. The molecular weight excluding hydrogens is 444 g/mol. The lowest BCUT2D eigenvalue weighted by Crippen LogP contribution is -2.50. The highest BCUT2D eigenvalue weighted by atomic mass is 16.5. The summed E-state index contributed by atoms with van der Waals surface area (Å²) in [5, 5.41) is 24.2. The van der Waals surface area contributed by atoms with Crippen molar-refractivity contribution < 1.29 is 14.3 Å². The smallest absolute Gasteiger partial charge is 0.268 e. The number of methoxy groups -OCH3 is 1. The molecule has 2 amide bonds. The second-order valence-corrected chi connectivity index (χ2v) is 8.87. The molecule has 0 bridgehead atoms. The van der Waals surface area contributed by atoms with Crippen molar-refractivity contribution in [3.63, 3.8) is 0 Å². The number of nitriles is 1. The van der Waals surface area contributed by atoms with Crippen molar-refractivity contribution in [1.29, 1.82) is 5.26 Å². The second kappa shape index (κ2) is 10.3.